The summed E-state index contributed by atoms with van der Waals surface area (Å²) in [5.41, 5.74) is 1.98. The Morgan fingerprint density at radius 1 is 1.31 bits per heavy atom. The molecule has 2 aliphatic heterocycles. The van der Waals surface area contributed by atoms with Crippen molar-refractivity contribution in [2.75, 3.05) is 38.6 Å². The molecule has 1 saturated heterocycles. The van der Waals surface area contributed by atoms with Crippen molar-refractivity contribution in [2.24, 2.45) is 11.3 Å². The minimum Gasteiger partial charge on any atom is -0.394 e. The van der Waals surface area contributed by atoms with Gasteiger partial charge >= 0.3 is 0 Å². The summed E-state index contributed by atoms with van der Waals surface area (Å²) in [4.78, 5) is 41.4. The van der Waals surface area contributed by atoms with Crippen molar-refractivity contribution in [1.82, 2.24) is 9.80 Å². The van der Waals surface area contributed by atoms with Gasteiger partial charge in [-0.3, -0.25) is 14.4 Å². The Kier molecular flexibility index (Phi) is 6.35. The molecule has 32 heavy (non-hydrogen) atoms. The molecule has 172 valence electrons. The normalized spacial score (nSPS) is 22.3. The van der Waals surface area contributed by atoms with Crippen LogP contribution < -0.4 is 5.32 Å². The van der Waals surface area contributed by atoms with Crippen LogP contribution in [0.15, 0.2) is 29.8 Å². The number of aliphatic hydroxyl groups is 2. The first kappa shape index (κ1) is 22.5. The van der Waals surface area contributed by atoms with Crippen LogP contribution >= 0.6 is 0 Å². The highest BCUT2D eigenvalue weighted by molar-refractivity contribution is 6.08. The molecule has 2 heterocycles. The molecule has 0 radical (unpaired) electrons. The van der Waals surface area contributed by atoms with Gasteiger partial charge in [-0.15, -0.1) is 0 Å². The predicted molar refractivity (Wildman–Crippen MR) is 119 cm³/mol. The van der Waals surface area contributed by atoms with Gasteiger partial charge in [0.25, 0.3) is 0 Å². The summed E-state index contributed by atoms with van der Waals surface area (Å²) in [6.45, 7) is 0.943. The molecule has 2 atom stereocenters. The maximum atomic E-state index is 13.2. The predicted octanol–water partition coefficient (Wildman–Crippen LogP) is 1.24. The van der Waals surface area contributed by atoms with Crippen molar-refractivity contribution in [3.63, 3.8) is 0 Å². The fraction of sp³-hybridized carbons (Fsp3) is 0.542. The minimum absolute atomic E-state index is 0.0479. The van der Waals surface area contributed by atoms with E-state index in [4.69, 9.17) is 5.11 Å². The van der Waals surface area contributed by atoms with Gasteiger partial charge in [0, 0.05) is 49.8 Å². The number of likely N-dealkylation sites (N-methyl/N-ethyl adjacent to an activating group) is 1. The molecule has 1 saturated carbocycles. The third kappa shape index (κ3) is 4.42. The number of nitrogens with one attached hydrogen (secondary N) is 1. The molecule has 1 aromatic carbocycles. The van der Waals surface area contributed by atoms with E-state index >= 15 is 0 Å². The van der Waals surface area contributed by atoms with Gasteiger partial charge in [0.2, 0.25) is 17.7 Å². The zero-order chi connectivity index (χ0) is 22.9. The van der Waals surface area contributed by atoms with Gasteiger partial charge in [0.1, 0.15) is 0 Å². The molecule has 2 unspecified atom stereocenters. The van der Waals surface area contributed by atoms with E-state index in [9.17, 15) is 19.5 Å². The van der Waals surface area contributed by atoms with E-state index in [1.54, 1.807) is 18.0 Å². The summed E-state index contributed by atoms with van der Waals surface area (Å²) in [5.74, 6) is -0.155. The SMILES string of the molecule is CN(CC(O)CO)C(=O)CC1CCCC12CN(C(=O)C1=Cc3ccccc3NC(=O)C1)C2. The van der Waals surface area contributed by atoms with Crippen molar-refractivity contribution in [3.05, 3.63) is 35.4 Å². The number of benzene rings is 1. The van der Waals surface area contributed by atoms with Gasteiger partial charge in [-0.05, 0) is 36.5 Å². The molecular weight excluding hydrogens is 410 g/mol. The number of rotatable bonds is 6. The number of hydrogen-bond donors (Lipinski definition) is 3. The topological polar surface area (TPSA) is 110 Å². The molecular formula is C24H31N3O5. The second kappa shape index (κ2) is 9.03. The number of aliphatic hydroxyl groups excluding tert-OH is 2. The molecule has 2 fully saturated rings. The molecule has 3 aliphatic rings. The smallest absolute Gasteiger partial charge is 0.250 e. The Balaban J connectivity index is 1.40. The molecule has 0 bridgehead atoms. The molecule has 4 rings (SSSR count). The number of para-hydroxylation sites is 1. The summed E-state index contributed by atoms with van der Waals surface area (Å²) < 4.78 is 0. The highest BCUT2D eigenvalue weighted by atomic mass is 16.3. The monoisotopic (exact) mass is 441 g/mol. The maximum Gasteiger partial charge on any atom is 0.250 e. The van der Waals surface area contributed by atoms with E-state index in [2.05, 4.69) is 5.32 Å². The Morgan fingerprint density at radius 3 is 2.81 bits per heavy atom. The van der Waals surface area contributed by atoms with Gasteiger partial charge in [0.15, 0.2) is 0 Å². The number of hydrogen-bond acceptors (Lipinski definition) is 5. The molecule has 0 aromatic heterocycles. The van der Waals surface area contributed by atoms with Crippen LogP contribution in [0.1, 0.15) is 37.7 Å². The van der Waals surface area contributed by atoms with Crippen LogP contribution in [0.2, 0.25) is 0 Å². The first-order chi connectivity index (χ1) is 15.3. The average Bonchev–Trinajstić information content (AvgIpc) is 3.07. The fourth-order valence-corrected chi connectivity index (χ4v) is 5.33. The number of likely N-dealkylation sites (tertiary alicyclic amines) is 1. The van der Waals surface area contributed by atoms with Gasteiger partial charge in [-0.25, -0.2) is 0 Å². The third-order valence-electron chi connectivity index (χ3n) is 7.12. The van der Waals surface area contributed by atoms with Crippen LogP contribution in [0.25, 0.3) is 6.08 Å². The quantitative estimate of drug-likeness (QED) is 0.615. The lowest BCUT2D eigenvalue weighted by Crippen LogP contribution is -2.60. The summed E-state index contributed by atoms with van der Waals surface area (Å²) in [6, 6.07) is 7.44. The molecule has 1 aromatic rings. The average molecular weight is 442 g/mol. The summed E-state index contributed by atoms with van der Waals surface area (Å²) in [6.07, 6.45) is 4.27. The van der Waals surface area contributed by atoms with Crippen LogP contribution in [0.5, 0.6) is 0 Å². The lowest BCUT2D eigenvalue weighted by Gasteiger charge is -2.52. The van der Waals surface area contributed by atoms with Crippen molar-refractivity contribution >= 4 is 29.5 Å². The van der Waals surface area contributed by atoms with Crippen LogP contribution in [-0.2, 0) is 14.4 Å². The lowest BCUT2D eigenvalue weighted by atomic mass is 9.69. The highest BCUT2D eigenvalue weighted by Crippen LogP contribution is 2.51. The van der Waals surface area contributed by atoms with E-state index in [-0.39, 0.29) is 48.6 Å². The van der Waals surface area contributed by atoms with Crippen molar-refractivity contribution in [2.45, 2.75) is 38.2 Å². The van der Waals surface area contributed by atoms with Gasteiger partial charge in [0.05, 0.1) is 19.1 Å². The molecule has 8 nitrogen and oxygen atoms in total. The molecule has 3 N–H and O–H groups in total. The summed E-state index contributed by atoms with van der Waals surface area (Å²) in [7, 11) is 1.64. The molecule has 3 amide bonds. The minimum atomic E-state index is -0.937. The van der Waals surface area contributed by atoms with Crippen molar-refractivity contribution in [3.8, 4) is 0 Å². The number of anilines is 1. The van der Waals surface area contributed by atoms with Crippen LogP contribution in [-0.4, -0.2) is 77.1 Å². The van der Waals surface area contributed by atoms with Crippen LogP contribution in [0.4, 0.5) is 5.69 Å². The van der Waals surface area contributed by atoms with Crippen molar-refractivity contribution < 1.29 is 24.6 Å². The highest BCUT2D eigenvalue weighted by Gasteiger charge is 2.53. The fourth-order valence-electron chi connectivity index (χ4n) is 5.33. The number of amides is 3. The Hall–Kier alpha value is -2.71. The number of carbonyl (C=O) groups is 3. The molecule has 1 spiro atoms. The standard InChI is InChI=1S/C24H31N3O5/c1-26(12-19(29)13-28)22(31)11-18-6-4-8-24(18)14-27(15-24)23(32)17-9-16-5-2-3-7-20(16)25-21(30)10-17/h2-3,5,7,9,18-19,28-29H,4,6,8,10-15H2,1H3,(H,25,30). The van der Waals surface area contributed by atoms with E-state index in [1.165, 1.54) is 4.90 Å². The zero-order valence-corrected chi connectivity index (χ0v) is 18.4. The molecule has 8 heteroatoms. The Morgan fingerprint density at radius 2 is 2.06 bits per heavy atom. The first-order valence-electron chi connectivity index (χ1n) is 11.2. The Labute approximate surface area is 187 Å². The second-order valence-corrected chi connectivity index (χ2v) is 9.41. The third-order valence-corrected chi connectivity index (χ3v) is 7.12. The van der Waals surface area contributed by atoms with Gasteiger partial charge in [-0.2, -0.15) is 0 Å². The van der Waals surface area contributed by atoms with Gasteiger partial charge < -0.3 is 25.3 Å². The van der Waals surface area contributed by atoms with Crippen LogP contribution in [0, 0.1) is 11.3 Å². The van der Waals surface area contributed by atoms with Gasteiger partial charge in [-0.1, -0.05) is 24.6 Å². The maximum absolute atomic E-state index is 13.2. The van der Waals surface area contributed by atoms with Crippen molar-refractivity contribution in [1.29, 1.82) is 0 Å². The zero-order valence-electron chi connectivity index (χ0n) is 18.4. The van der Waals surface area contributed by atoms with E-state index in [0.29, 0.717) is 30.8 Å². The Bertz CT molecular complexity index is 937. The van der Waals surface area contributed by atoms with Crippen LogP contribution in [0.3, 0.4) is 0 Å². The number of fused-ring (bicyclic) bond motifs is 1. The van der Waals surface area contributed by atoms with E-state index in [0.717, 1.165) is 24.8 Å². The largest absolute Gasteiger partial charge is 0.394 e. The summed E-state index contributed by atoms with van der Waals surface area (Å²) in [5, 5.41) is 21.4. The number of nitrogens with zero attached hydrogens (tertiary/aromatic N) is 2. The van der Waals surface area contributed by atoms with E-state index < -0.39 is 6.10 Å². The lowest BCUT2D eigenvalue weighted by molar-refractivity contribution is -0.144. The number of carbonyl (C=O) groups excluding carboxylic acids is 3. The second-order valence-electron chi connectivity index (χ2n) is 9.41. The van der Waals surface area contributed by atoms with E-state index in [1.807, 2.05) is 24.3 Å². The first-order valence-corrected chi connectivity index (χ1v) is 11.2. The summed E-state index contributed by atoms with van der Waals surface area (Å²) >= 11 is 0. The molecule has 1 aliphatic carbocycles.